The van der Waals surface area contributed by atoms with Gasteiger partial charge in [0, 0.05) is 19.3 Å². The summed E-state index contributed by atoms with van der Waals surface area (Å²) in [6, 6.07) is 0.401. The van der Waals surface area contributed by atoms with Gasteiger partial charge in [0.25, 0.3) is 0 Å². The predicted octanol–water partition coefficient (Wildman–Crippen LogP) is 3.08. The van der Waals surface area contributed by atoms with Crippen LogP contribution in [0.3, 0.4) is 0 Å². The zero-order valence-corrected chi connectivity index (χ0v) is 14.4. The minimum atomic E-state index is -0.115. The highest BCUT2D eigenvalue weighted by molar-refractivity contribution is 7.99. The van der Waals surface area contributed by atoms with Crippen LogP contribution in [0, 0.1) is 5.92 Å². The number of rotatable bonds is 5. The minimum absolute atomic E-state index is 0.115. The van der Waals surface area contributed by atoms with E-state index in [1.807, 2.05) is 0 Å². The van der Waals surface area contributed by atoms with E-state index in [9.17, 15) is 0 Å². The van der Waals surface area contributed by atoms with Gasteiger partial charge in [-0.25, -0.2) is 0 Å². The van der Waals surface area contributed by atoms with Crippen molar-refractivity contribution in [1.29, 1.82) is 0 Å². The molecule has 3 nitrogen and oxygen atoms in total. The first-order chi connectivity index (χ1) is 9.53. The van der Waals surface area contributed by atoms with E-state index in [1.54, 1.807) is 0 Å². The summed E-state index contributed by atoms with van der Waals surface area (Å²) in [7, 11) is 2.07. The van der Waals surface area contributed by atoms with Gasteiger partial charge in [-0.15, -0.1) is 0 Å². The first kappa shape index (κ1) is 16.6. The van der Waals surface area contributed by atoms with Gasteiger partial charge < -0.3 is 14.8 Å². The maximum absolute atomic E-state index is 6.22. The summed E-state index contributed by atoms with van der Waals surface area (Å²) in [6.45, 7) is 8.21. The SMILES string of the molecule is CCOC(C)(C)C(NC)C1CCOC2(CCSCC2)C1. The number of nitrogens with one attached hydrogen (secondary N) is 1. The average Bonchev–Trinajstić information content (AvgIpc) is 2.40. The molecule has 0 aromatic carbocycles. The van der Waals surface area contributed by atoms with E-state index in [0.717, 1.165) is 19.6 Å². The van der Waals surface area contributed by atoms with Gasteiger partial charge in [0.2, 0.25) is 0 Å². The van der Waals surface area contributed by atoms with E-state index >= 15 is 0 Å². The minimum Gasteiger partial charge on any atom is -0.375 e. The van der Waals surface area contributed by atoms with Crippen molar-refractivity contribution in [2.24, 2.45) is 5.92 Å². The van der Waals surface area contributed by atoms with Gasteiger partial charge in [0.05, 0.1) is 11.2 Å². The van der Waals surface area contributed by atoms with E-state index in [-0.39, 0.29) is 11.2 Å². The van der Waals surface area contributed by atoms with Crippen molar-refractivity contribution >= 4 is 11.8 Å². The monoisotopic (exact) mass is 301 g/mol. The molecular weight excluding hydrogens is 270 g/mol. The van der Waals surface area contributed by atoms with E-state index < -0.39 is 0 Å². The van der Waals surface area contributed by atoms with Crippen LogP contribution in [0.15, 0.2) is 0 Å². The second-order valence-corrected chi connectivity index (χ2v) is 7.92. The quantitative estimate of drug-likeness (QED) is 0.845. The van der Waals surface area contributed by atoms with Crippen LogP contribution in [0.25, 0.3) is 0 Å². The number of likely N-dealkylation sites (N-methyl/N-ethyl adjacent to an activating group) is 1. The summed E-state index contributed by atoms with van der Waals surface area (Å²) >= 11 is 2.07. The molecule has 0 aromatic heterocycles. The summed E-state index contributed by atoms with van der Waals surface area (Å²) < 4.78 is 12.2. The van der Waals surface area contributed by atoms with E-state index in [0.29, 0.717) is 12.0 Å². The van der Waals surface area contributed by atoms with Gasteiger partial charge in [0.15, 0.2) is 0 Å². The Morgan fingerprint density at radius 1 is 1.40 bits per heavy atom. The van der Waals surface area contributed by atoms with Gasteiger partial charge >= 0.3 is 0 Å². The molecule has 2 atom stereocenters. The summed E-state index contributed by atoms with van der Waals surface area (Å²) in [4.78, 5) is 0. The highest BCUT2D eigenvalue weighted by atomic mass is 32.2. The lowest BCUT2D eigenvalue weighted by molar-refractivity contribution is -0.127. The number of ether oxygens (including phenoxy) is 2. The smallest absolute Gasteiger partial charge is 0.0781 e. The molecule has 2 rings (SSSR count). The van der Waals surface area contributed by atoms with Gasteiger partial charge in [-0.3, -0.25) is 0 Å². The number of hydrogen-bond acceptors (Lipinski definition) is 4. The number of thioether (sulfide) groups is 1. The standard InChI is InChI=1S/C16H31NO2S/c1-5-18-15(2,3)14(17-4)13-6-9-19-16(12-13)7-10-20-11-8-16/h13-14,17H,5-12H2,1-4H3. The molecule has 1 spiro atoms. The first-order valence-electron chi connectivity index (χ1n) is 8.06. The molecule has 0 aliphatic carbocycles. The van der Waals surface area contributed by atoms with Gasteiger partial charge in [-0.05, 0) is 70.9 Å². The van der Waals surface area contributed by atoms with Crippen LogP contribution in [0.2, 0.25) is 0 Å². The zero-order valence-electron chi connectivity index (χ0n) is 13.5. The molecule has 118 valence electrons. The average molecular weight is 301 g/mol. The molecule has 0 bridgehead atoms. The summed E-state index contributed by atoms with van der Waals surface area (Å²) in [5.41, 5.74) is 0.0433. The highest BCUT2D eigenvalue weighted by Crippen LogP contribution is 2.42. The maximum Gasteiger partial charge on any atom is 0.0781 e. The molecule has 2 heterocycles. The van der Waals surface area contributed by atoms with Crippen LogP contribution in [0.1, 0.15) is 46.5 Å². The Kier molecular flexibility index (Phi) is 5.80. The van der Waals surface area contributed by atoms with Crippen LogP contribution >= 0.6 is 11.8 Å². The van der Waals surface area contributed by atoms with Crippen molar-refractivity contribution in [2.45, 2.75) is 63.7 Å². The zero-order chi connectivity index (χ0) is 14.6. The van der Waals surface area contributed by atoms with Gasteiger partial charge in [-0.1, -0.05) is 0 Å². The molecule has 0 amide bonds. The molecule has 0 radical (unpaired) electrons. The largest absolute Gasteiger partial charge is 0.375 e. The van der Waals surface area contributed by atoms with Crippen molar-refractivity contribution in [3.05, 3.63) is 0 Å². The van der Waals surface area contributed by atoms with Crippen molar-refractivity contribution in [3.8, 4) is 0 Å². The molecule has 0 aromatic rings. The Morgan fingerprint density at radius 2 is 2.10 bits per heavy atom. The second kappa shape index (κ2) is 6.99. The highest BCUT2D eigenvalue weighted by Gasteiger charge is 2.44. The Hall–Kier alpha value is 0.230. The van der Waals surface area contributed by atoms with Crippen LogP contribution in [0.5, 0.6) is 0 Å². The van der Waals surface area contributed by atoms with E-state index in [4.69, 9.17) is 9.47 Å². The fraction of sp³-hybridized carbons (Fsp3) is 1.00. The van der Waals surface area contributed by atoms with E-state index in [2.05, 4.69) is 44.9 Å². The van der Waals surface area contributed by atoms with Gasteiger partial charge in [-0.2, -0.15) is 11.8 Å². The molecule has 2 fully saturated rings. The molecular formula is C16H31NO2S. The fourth-order valence-electron chi connectivity index (χ4n) is 4.05. The molecule has 2 aliphatic heterocycles. The Balaban J connectivity index is 2.06. The first-order valence-corrected chi connectivity index (χ1v) is 9.21. The molecule has 2 unspecified atom stereocenters. The van der Waals surface area contributed by atoms with Crippen molar-refractivity contribution in [1.82, 2.24) is 5.32 Å². The Labute approximate surface area is 128 Å². The topological polar surface area (TPSA) is 30.5 Å². The van der Waals surface area contributed by atoms with Crippen LogP contribution < -0.4 is 5.32 Å². The second-order valence-electron chi connectivity index (χ2n) is 6.70. The molecule has 1 N–H and O–H groups in total. The van der Waals surface area contributed by atoms with Crippen LogP contribution in [-0.2, 0) is 9.47 Å². The van der Waals surface area contributed by atoms with Crippen molar-refractivity contribution in [2.75, 3.05) is 31.8 Å². The number of hydrogen-bond donors (Lipinski definition) is 1. The fourth-order valence-corrected chi connectivity index (χ4v) is 5.29. The van der Waals surface area contributed by atoms with Crippen molar-refractivity contribution < 1.29 is 9.47 Å². The maximum atomic E-state index is 6.22. The lowest BCUT2D eigenvalue weighted by atomic mass is 9.74. The van der Waals surface area contributed by atoms with Crippen LogP contribution in [0.4, 0.5) is 0 Å². The molecule has 2 aliphatic rings. The molecule has 20 heavy (non-hydrogen) atoms. The van der Waals surface area contributed by atoms with Gasteiger partial charge in [0.1, 0.15) is 0 Å². The Morgan fingerprint density at radius 3 is 2.70 bits per heavy atom. The molecule has 2 saturated heterocycles. The third-order valence-corrected chi connectivity index (χ3v) is 5.97. The summed E-state index contributed by atoms with van der Waals surface area (Å²) in [5.74, 6) is 3.16. The molecule has 0 saturated carbocycles. The molecule has 4 heteroatoms. The van der Waals surface area contributed by atoms with Crippen LogP contribution in [-0.4, -0.2) is 49.0 Å². The summed E-state index contributed by atoms with van der Waals surface area (Å²) in [6.07, 6.45) is 4.78. The van der Waals surface area contributed by atoms with E-state index in [1.165, 1.54) is 30.8 Å². The normalized spacial score (nSPS) is 28.5. The van der Waals surface area contributed by atoms with Crippen molar-refractivity contribution in [3.63, 3.8) is 0 Å². The third kappa shape index (κ3) is 3.70. The third-order valence-electron chi connectivity index (χ3n) is 4.98. The summed E-state index contributed by atoms with van der Waals surface area (Å²) in [5, 5.41) is 3.53. The lowest BCUT2D eigenvalue weighted by Crippen LogP contribution is -2.56. The predicted molar refractivity (Wildman–Crippen MR) is 86.5 cm³/mol. The Bertz CT molecular complexity index is 297. The lowest BCUT2D eigenvalue weighted by Gasteiger charge is -2.48.